The van der Waals surface area contributed by atoms with Crippen molar-refractivity contribution in [3.8, 4) is 0 Å². The SMILES string of the molecule is COC(=O)C1=CC=CC2=CC=CC=C1O2. The van der Waals surface area contributed by atoms with Gasteiger partial charge in [-0.1, -0.05) is 18.2 Å². The predicted molar refractivity (Wildman–Crippen MR) is 55.6 cm³/mol. The molecule has 0 atom stereocenters. The van der Waals surface area contributed by atoms with Crippen LogP contribution in [0.25, 0.3) is 0 Å². The van der Waals surface area contributed by atoms with Gasteiger partial charge in [0.2, 0.25) is 0 Å². The molecule has 0 amide bonds. The van der Waals surface area contributed by atoms with Crippen LogP contribution < -0.4 is 0 Å². The topological polar surface area (TPSA) is 35.5 Å². The van der Waals surface area contributed by atoms with Gasteiger partial charge in [-0.25, -0.2) is 4.79 Å². The van der Waals surface area contributed by atoms with E-state index in [1.807, 2.05) is 18.2 Å². The second-order valence-electron chi connectivity index (χ2n) is 3.02. The fourth-order valence-corrected chi connectivity index (χ4v) is 1.32. The van der Waals surface area contributed by atoms with Crippen molar-refractivity contribution < 1.29 is 14.3 Å². The van der Waals surface area contributed by atoms with Crippen molar-refractivity contribution in [3.05, 3.63) is 59.6 Å². The Morgan fingerprint density at radius 1 is 1.20 bits per heavy atom. The number of ether oxygens (including phenoxy) is 2. The minimum Gasteiger partial charge on any atom is -0.465 e. The second kappa shape index (κ2) is 4.00. The van der Waals surface area contributed by atoms with Gasteiger partial charge in [-0.2, -0.15) is 0 Å². The van der Waals surface area contributed by atoms with Gasteiger partial charge in [0.15, 0.2) is 0 Å². The molecule has 0 aromatic carbocycles. The van der Waals surface area contributed by atoms with Crippen LogP contribution in [0.1, 0.15) is 0 Å². The van der Waals surface area contributed by atoms with Gasteiger partial charge in [-0.15, -0.1) is 0 Å². The molecule has 0 aliphatic carbocycles. The highest BCUT2D eigenvalue weighted by atomic mass is 16.5. The summed E-state index contributed by atoms with van der Waals surface area (Å²) in [6.45, 7) is 0. The first-order chi connectivity index (χ1) is 7.31. The Morgan fingerprint density at radius 3 is 2.80 bits per heavy atom. The largest absolute Gasteiger partial charge is 0.465 e. The molecule has 2 aliphatic heterocycles. The highest BCUT2D eigenvalue weighted by Gasteiger charge is 2.18. The molecule has 0 saturated carbocycles. The van der Waals surface area contributed by atoms with Crippen molar-refractivity contribution in [2.24, 2.45) is 0 Å². The van der Waals surface area contributed by atoms with Crippen molar-refractivity contribution in [3.63, 3.8) is 0 Å². The average Bonchev–Trinajstić information content (AvgIpc) is 2.60. The zero-order valence-corrected chi connectivity index (χ0v) is 8.27. The third-order valence-corrected chi connectivity index (χ3v) is 2.04. The zero-order valence-electron chi connectivity index (χ0n) is 8.27. The summed E-state index contributed by atoms with van der Waals surface area (Å²) < 4.78 is 10.2. The van der Waals surface area contributed by atoms with Gasteiger partial charge < -0.3 is 9.47 Å². The number of carbonyl (C=O) groups is 1. The highest BCUT2D eigenvalue weighted by molar-refractivity contribution is 5.93. The standard InChI is InChI=1S/C12H10O3/c1-14-12(13)10-7-4-6-9-5-2-3-8-11(10)15-9/h2-8H,1H3. The Kier molecular flexibility index (Phi) is 2.54. The number of fused-ring (bicyclic) bond motifs is 2. The molecule has 2 aliphatic rings. The van der Waals surface area contributed by atoms with Crippen LogP contribution in [-0.2, 0) is 14.3 Å². The number of hydrogen-bond acceptors (Lipinski definition) is 3. The van der Waals surface area contributed by atoms with E-state index in [0.29, 0.717) is 17.1 Å². The second-order valence-corrected chi connectivity index (χ2v) is 3.02. The molecule has 0 saturated heterocycles. The summed E-state index contributed by atoms with van der Waals surface area (Å²) in [6.07, 6.45) is 12.5. The van der Waals surface area contributed by atoms with Crippen LogP contribution in [0.3, 0.4) is 0 Å². The van der Waals surface area contributed by atoms with Gasteiger partial charge in [0, 0.05) is 0 Å². The van der Waals surface area contributed by atoms with Crippen LogP contribution in [-0.4, -0.2) is 13.1 Å². The Labute approximate surface area is 87.7 Å². The first kappa shape index (κ1) is 9.52. The maximum absolute atomic E-state index is 11.4. The normalized spacial score (nSPS) is 17.8. The van der Waals surface area contributed by atoms with Crippen LogP contribution in [0.15, 0.2) is 59.6 Å². The molecule has 2 heterocycles. The van der Waals surface area contributed by atoms with Crippen molar-refractivity contribution in [2.45, 2.75) is 0 Å². The molecule has 2 bridgehead atoms. The van der Waals surface area contributed by atoms with E-state index in [4.69, 9.17) is 4.74 Å². The lowest BCUT2D eigenvalue weighted by molar-refractivity contribution is -0.136. The van der Waals surface area contributed by atoms with Crippen LogP contribution >= 0.6 is 0 Å². The lowest BCUT2D eigenvalue weighted by Crippen LogP contribution is -2.08. The fourth-order valence-electron chi connectivity index (χ4n) is 1.32. The van der Waals surface area contributed by atoms with E-state index < -0.39 is 5.97 Å². The van der Waals surface area contributed by atoms with Gasteiger partial charge in [-0.3, -0.25) is 0 Å². The lowest BCUT2D eigenvalue weighted by Gasteiger charge is -2.08. The number of carbonyl (C=O) groups excluding carboxylic acids is 1. The van der Waals surface area contributed by atoms with Crippen LogP contribution in [0.4, 0.5) is 0 Å². The Bertz CT molecular complexity index is 434. The molecular formula is C12H10O3. The smallest absolute Gasteiger partial charge is 0.341 e. The lowest BCUT2D eigenvalue weighted by atomic mass is 10.2. The minimum atomic E-state index is -0.401. The third-order valence-electron chi connectivity index (χ3n) is 2.04. The number of rotatable bonds is 1. The first-order valence-corrected chi connectivity index (χ1v) is 4.55. The Hall–Kier alpha value is -2.03. The van der Waals surface area contributed by atoms with E-state index in [9.17, 15) is 4.79 Å². The maximum Gasteiger partial charge on any atom is 0.341 e. The molecule has 0 N–H and O–H groups in total. The Balaban J connectivity index is 2.42. The van der Waals surface area contributed by atoms with Crippen LogP contribution in [0.5, 0.6) is 0 Å². The van der Waals surface area contributed by atoms with Crippen LogP contribution in [0.2, 0.25) is 0 Å². The summed E-state index contributed by atoms with van der Waals surface area (Å²) in [5.41, 5.74) is 0.420. The molecule has 2 rings (SSSR count). The number of esters is 1. The summed E-state index contributed by atoms with van der Waals surface area (Å²) >= 11 is 0. The summed E-state index contributed by atoms with van der Waals surface area (Å²) in [6, 6.07) is 0. The van der Waals surface area contributed by atoms with Gasteiger partial charge in [0.1, 0.15) is 17.1 Å². The highest BCUT2D eigenvalue weighted by Crippen LogP contribution is 2.23. The predicted octanol–water partition coefficient (Wildman–Crippen LogP) is 2.01. The first-order valence-electron chi connectivity index (χ1n) is 4.55. The van der Waals surface area contributed by atoms with E-state index >= 15 is 0 Å². The molecule has 15 heavy (non-hydrogen) atoms. The van der Waals surface area contributed by atoms with E-state index in [-0.39, 0.29) is 0 Å². The van der Waals surface area contributed by atoms with Gasteiger partial charge >= 0.3 is 5.97 Å². The molecular weight excluding hydrogens is 192 g/mol. The van der Waals surface area contributed by atoms with Crippen molar-refractivity contribution in [2.75, 3.05) is 7.11 Å². The Morgan fingerprint density at radius 2 is 2.00 bits per heavy atom. The summed E-state index contributed by atoms with van der Waals surface area (Å²) in [5, 5.41) is 0. The molecule has 0 spiro atoms. The summed E-state index contributed by atoms with van der Waals surface area (Å²) in [7, 11) is 1.35. The quantitative estimate of drug-likeness (QED) is 0.610. The van der Waals surface area contributed by atoms with Crippen molar-refractivity contribution in [1.82, 2.24) is 0 Å². The third kappa shape index (κ3) is 1.91. The van der Waals surface area contributed by atoms with E-state index in [1.165, 1.54) is 7.11 Å². The van der Waals surface area contributed by atoms with E-state index in [2.05, 4.69) is 4.74 Å². The van der Waals surface area contributed by atoms with E-state index in [0.717, 1.165) is 0 Å². The number of hydrogen-bond donors (Lipinski definition) is 0. The van der Waals surface area contributed by atoms with Crippen LogP contribution in [0, 0.1) is 0 Å². The molecule has 0 aromatic heterocycles. The maximum atomic E-state index is 11.4. The average molecular weight is 202 g/mol. The molecule has 3 nitrogen and oxygen atoms in total. The zero-order chi connectivity index (χ0) is 10.7. The monoisotopic (exact) mass is 202 g/mol. The number of methoxy groups -OCH3 is 1. The van der Waals surface area contributed by atoms with Gasteiger partial charge in [0.05, 0.1) is 7.11 Å². The van der Waals surface area contributed by atoms with Crippen molar-refractivity contribution >= 4 is 5.97 Å². The molecule has 0 radical (unpaired) electrons. The van der Waals surface area contributed by atoms with E-state index in [1.54, 1.807) is 24.3 Å². The summed E-state index contributed by atoms with van der Waals surface area (Å²) in [4.78, 5) is 11.4. The molecule has 0 unspecified atom stereocenters. The molecule has 0 fully saturated rings. The fraction of sp³-hybridized carbons (Fsp3) is 0.0833. The van der Waals surface area contributed by atoms with Crippen molar-refractivity contribution in [1.29, 1.82) is 0 Å². The number of allylic oxidation sites excluding steroid dienone is 7. The van der Waals surface area contributed by atoms with Gasteiger partial charge in [0.25, 0.3) is 0 Å². The molecule has 3 heteroatoms. The minimum absolute atomic E-state index is 0.401. The molecule has 76 valence electrons. The summed E-state index contributed by atoms with van der Waals surface area (Å²) in [5.74, 6) is 0.805. The molecule has 0 aromatic rings. The van der Waals surface area contributed by atoms with Gasteiger partial charge in [-0.05, 0) is 24.3 Å².